The fourth-order valence-corrected chi connectivity index (χ4v) is 2.18. The smallest absolute Gasteiger partial charge is 0.240 e. The quantitative estimate of drug-likeness (QED) is 0.831. The van der Waals surface area contributed by atoms with Gasteiger partial charge in [0.25, 0.3) is 0 Å². The Balaban J connectivity index is 1.75. The van der Waals surface area contributed by atoms with E-state index in [0.29, 0.717) is 5.13 Å². The molecule has 1 aliphatic rings. The molecular formula is C10H15N3O2S. The summed E-state index contributed by atoms with van der Waals surface area (Å²) in [7, 11) is 0. The molecule has 1 aromatic heterocycles. The van der Waals surface area contributed by atoms with Crippen LogP contribution in [0.3, 0.4) is 0 Å². The molecule has 2 heterocycles. The third kappa shape index (κ3) is 3.01. The van der Waals surface area contributed by atoms with Gasteiger partial charge < -0.3 is 10.1 Å². The number of thiazole rings is 1. The number of ether oxygens (including phenoxy) is 1. The predicted molar refractivity (Wildman–Crippen MR) is 62.3 cm³/mol. The topological polar surface area (TPSA) is 63.2 Å². The summed E-state index contributed by atoms with van der Waals surface area (Å²) in [4.78, 5) is 15.5. The number of nitrogens with zero attached hydrogens (tertiary/aromatic N) is 1. The SMILES string of the molecule is CC1(NCC(=O)Nc2nccs2)CCCO1. The van der Waals surface area contributed by atoms with Gasteiger partial charge in [-0.1, -0.05) is 0 Å². The minimum Gasteiger partial charge on any atom is -0.361 e. The van der Waals surface area contributed by atoms with Crippen molar-refractivity contribution in [1.29, 1.82) is 0 Å². The number of nitrogens with one attached hydrogen (secondary N) is 2. The second-order valence-corrected chi connectivity index (χ2v) is 4.82. The molecule has 5 nitrogen and oxygen atoms in total. The lowest BCUT2D eigenvalue weighted by Crippen LogP contribution is -2.45. The van der Waals surface area contributed by atoms with E-state index in [0.717, 1.165) is 19.4 Å². The Kier molecular flexibility index (Phi) is 3.52. The average molecular weight is 241 g/mol. The number of carbonyl (C=O) groups excluding carboxylic acids is 1. The van der Waals surface area contributed by atoms with Gasteiger partial charge in [0.2, 0.25) is 5.91 Å². The molecule has 2 rings (SSSR count). The number of hydrogen-bond acceptors (Lipinski definition) is 5. The predicted octanol–water partition coefficient (Wildman–Crippen LogP) is 1.20. The summed E-state index contributed by atoms with van der Waals surface area (Å²) in [6.07, 6.45) is 3.64. The van der Waals surface area contributed by atoms with Gasteiger partial charge in [0.1, 0.15) is 5.72 Å². The van der Waals surface area contributed by atoms with Crippen molar-refractivity contribution in [3.8, 4) is 0 Å². The van der Waals surface area contributed by atoms with E-state index >= 15 is 0 Å². The molecule has 1 fully saturated rings. The zero-order valence-corrected chi connectivity index (χ0v) is 9.97. The van der Waals surface area contributed by atoms with Crippen LogP contribution in [-0.2, 0) is 9.53 Å². The molecule has 0 aromatic carbocycles. The number of hydrogen-bond donors (Lipinski definition) is 2. The van der Waals surface area contributed by atoms with Crippen molar-refractivity contribution in [1.82, 2.24) is 10.3 Å². The van der Waals surface area contributed by atoms with Crippen LogP contribution in [0.15, 0.2) is 11.6 Å². The maximum Gasteiger partial charge on any atom is 0.240 e. The number of rotatable bonds is 4. The van der Waals surface area contributed by atoms with Crippen LogP contribution in [0.25, 0.3) is 0 Å². The zero-order chi connectivity index (χ0) is 11.4. The summed E-state index contributed by atoms with van der Waals surface area (Å²) >= 11 is 1.41. The van der Waals surface area contributed by atoms with Crippen molar-refractivity contribution < 1.29 is 9.53 Å². The molecule has 1 amide bonds. The zero-order valence-electron chi connectivity index (χ0n) is 9.16. The highest BCUT2D eigenvalue weighted by Gasteiger charge is 2.29. The van der Waals surface area contributed by atoms with Crippen LogP contribution in [-0.4, -0.2) is 29.8 Å². The Morgan fingerprint density at radius 2 is 2.62 bits per heavy atom. The van der Waals surface area contributed by atoms with E-state index in [4.69, 9.17) is 4.74 Å². The van der Waals surface area contributed by atoms with E-state index in [1.54, 1.807) is 6.20 Å². The van der Waals surface area contributed by atoms with Gasteiger partial charge in [0.05, 0.1) is 6.54 Å². The van der Waals surface area contributed by atoms with Crippen LogP contribution < -0.4 is 10.6 Å². The monoisotopic (exact) mass is 241 g/mol. The maximum absolute atomic E-state index is 11.5. The summed E-state index contributed by atoms with van der Waals surface area (Å²) in [5.41, 5.74) is -0.347. The van der Waals surface area contributed by atoms with Crippen LogP contribution >= 0.6 is 11.3 Å². The van der Waals surface area contributed by atoms with Gasteiger partial charge in [-0.05, 0) is 19.8 Å². The van der Waals surface area contributed by atoms with E-state index < -0.39 is 0 Å². The number of amides is 1. The molecule has 1 aromatic rings. The highest BCUT2D eigenvalue weighted by Crippen LogP contribution is 2.21. The van der Waals surface area contributed by atoms with Crippen molar-refractivity contribution >= 4 is 22.4 Å². The molecule has 0 aliphatic carbocycles. The van der Waals surface area contributed by atoms with Crippen LogP contribution in [0.4, 0.5) is 5.13 Å². The second kappa shape index (κ2) is 4.90. The molecule has 88 valence electrons. The van der Waals surface area contributed by atoms with Gasteiger partial charge in [0.15, 0.2) is 5.13 Å². The fourth-order valence-electron chi connectivity index (χ4n) is 1.63. The molecule has 0 spiro atoms. The third-order valence-electron chi connectivity index (χ3n) is 2.52. The molecule has 1 atom stereocenters. The lowest BCUT2D eigenvalue weighted by atomic mass is 10.2. The standard InChI is InChI=1S/C10H15N3O2S/c1-10(3-2-5-15-10)12-7-8(14)13-9-11-4-6-16-9/h4,6,12H,2-3,5,7H2,1H3,(H,11,13,14). The third-order valence-corrected chi connectivity index (χ3v) is 3.21. The minimum atomic E-state index is -0.347. The molecule has 2 N–H and O–H groups in total. The summed E-state index contributed by atoms with van der Waals surface area (Å²) < 4.78 is 5.52. The molecule has 1 unspecified atom stereocenters. The molecule has 0 radical (unpaired) electrons. The summed E-state index contributed by atoms with van der Waals surface area (Å²) in [6.45, 7) is 2.98. The largest absolute Gasteiger partial charge is 0.361 e. The first-order chi connectivity index (χ1) is 7.68. The molecule has 0 bridgehead atoms. The number of aromatic nitrogens is 1. The van der Waals surface area contributed by atoms with Crippen LogP contribution in [0.1, 0.15) is 19.8 Å². The van der Waals surface area contributed by atoms with Crippen LogP contribution in [0.2, 0.25) is 0 Å². The first-order valence-electron chi connectivity index (χ1n) is 5.26. The average Bonchev–Trinajstić information content (AvgIpc) is 2.88. The Morgan fingerprint density at radius 1 is 1.75 bits per heavy atom. The van der Waals surface area contributed by atoms with Gasteiger partial charge in [-0.25, -0.2) is 4.98 Å². The van der Waals surface area contributed by atoms with Crippen molar-refractivity contribution in [2.45, 2.75) is 25.5 Å². The van der Waals surface area contributed by atoms with E-state index in [1.165, 1.54) is 11.3 Å². The van der Waals surface area contributed by atoms with Crippen molar-refractivity contribution in [2.75, 3.05) is 18.5 Å². The molecule has 1 aliphatic heterocycles. The van der Waals surface area contributed by atoms with Gasteiger partial charge >= 0.3 is 0 Å². The highest BCUT2D eigenvalue weighted by atomic mass is 32.1. The van der Waals surface area contributed by atoms with E-state index in [2.05, 4.69) is 15.6 Å². The maximum atomic E-state index is 11.5. The summed E-state index contributed by atoms with van der Waals surface area (Å²) in [5, 5.41) is 8.28. The lowest BCUT2D eigenvalue weighted by molar-refractivity contribution is -0.117. The first-order valence-corrected chi connectivity index (χ1v) is 6.14. The normalized spacial score (nSPS) is 24.6. The molecule has 1 saturated heterocycles. The van der Waals surface area contributed by atoms with E-state index in [1.807, 2.05) is 12.3 Å². The van der Waals surface area contributed by atoms with E-state index in [-0.39, 0.29) is 18.2 Å². The highest BCUT2D eigenvalue weighted by molar-refractivity contribution is 7.13. The first kappa shape index (κ1) is 11.5. The van der Waals surface area contributed by atoms with E-state index in [9.17, 15) is 4.79 Å². The van der Waals surface area contributed by atoms with Crippen molar-refractivity contribution in [3.05, 3.63) is 11.6 Å². The summed E-state index contributed by atoms with van der Waals surface area (Å²) in [6, 6.07) is 0. The Bertz CT molecular complexity index is 347. The second-order valence-electron chi connectivity index (χ2n) is 3.92. The minimum absolute atomic E-state index is 0.0910. The number of anilines is 1. The van der Waals surface area contributed by atoms with Crippen molar-refractivity contribution in [3.63, 3.8) is 0 Å². The van der Waals surface area contributed by atoms with Gasteiger partial charge in [0, 0.05) is 18.2 Å². The summed E-state index contributed by atoms with van der Waals surface area (Å²) in [5.74, 6) is -0.0910. The van der Waals surface area contributed by atoms with Gasteiger partial charge in [-0.15, -0.1) is 11.3 Å². The Morgan fingerprint density at radius 3 is 3.25 bits per heavy atom. The van der Waals surface area contributed by atoms with Crippen LogP contribution in [0.5, 0.6) is 0 Å². The lowest BCUT2D eigenvalue weighted by Gasteiger charge is -2.24. The molecule has 16 heavy (non-hydrogen) atoms. The molecule has 0 saturated carbocycles. The van der Waals surface area contributed by atoms with Gasteiger partial charge in [-0.3, -0.25) is 10.1 Å². The molecule has 6 heteroatoms. The Hall–Kier alpha value is -0.980. The Labute approximate surface area is 98.2 Å². The molecular weight excluding hydrogens is 226 g/mol. The van der Waals surface area contributed by atoms with Gasteiger partial charge in [-0.2, -0.15) is 0 Å². The van der Waals surface area contributed by atoms with Crippen molar-refractivity contribution in [2.24, 2.45) is 0 Å². The fraction of sp³-hybridized carbons (Fsp3) is 0.600. The number of carbonyl (C=O) groups is 1. The van der Waals surface area contributed by atoms with Crippen LogP contribution in [0, 0.1) is 0 Å².